The fourth-order valence-electron chi connectivity index (χ4n) is 2.52. The van der Waals surface area contributed by atoms with Gasteiger partial charge in [-0.25, -0.2) is 0 Å². The van der Waals surface area contributed by atoms with E-state index in [-0.39, 0.29) is 0 Å². The van der Waals surface area contributed by atoms with Crippen LogP contribution in [0.4, 0.5) is 5.69 Å². The topological polar surface area (TPSA) is 27.3 Å². The Morgan fingerprint density at radius 2 is 1.73 bits per heavy atom. The molecule has 2 N–H and O–H groups in total. The highest BCUT2D eigenvalue weighted by Gasteiger charge is 2.11. The normalized spacial score (nSPS) is 15.2. The Kier molecular flexibility index (Phi) is 4.99. The van der Waals surface area contributed by atoms with Gasteiger partial charge < -0.3 is 5.43 Å². The third-order valence-electron chi connectivity index (χ3n) is 3.77. The second-order valence-electron chi connectivity index (χ2n) is 5.43. The number of hydrogen-bond acceptors (Lipinski definition) is 3. The molecule has 1 aliphatic rings. The van der Waals surface area contributed by atoms with E-state index < -0.39 is 0 Å². The molecule has 0 aromatic heterocycles. The maximum absolute atomic E-state index is 6.13. The highest BCUT2D eigenvalue weighted by molar-refractivity contribution is 6.33. The molecule has 0 spiro atoms. The van der Waals surface area contributed by atoms with Crippen LogP contribution in [0.15, 0.2) is 66.4 Å². The summed E-state index contributed by atoms with van der Waals surface area (Å²) in [5.74, 6) is 0. The van der Waals surface area contributed by atoms with Crippen LogP contribution in [-0.2, 0) is 6.54 Å². The predicted octanol–water partition coefficient (Wildman–Crippen LogP) is 4.05. The summed E-state index contributed by atoms with van der Waals surface area (Å²) in [7, 11) is 0. The van der Waals surface area contributed by atoms with Gasteiger partial charge in [0.15, 0.2) is 0 Å². The van der Waals surface area contributed by atoms with Crippen LogP contribution in [0.2, 0.25) is 5.02 Å². The number of hydrogen-bond donors (Lipinski definition) is 2. The lowest BCUT2D eigenvalue weighted by atomic mass is 10.1. The Balaban J connectivity index is 1.50. The van der Waals surface area contributed by atoms with Gasteiger partial charge in [-0.2, -0.15) is 0 Å². The molecule has 114 valence electrons. The molecule has 3 rings (SSSR count). The molecule has 0 aliphatic carbocycles. The molecule has 0 radical (unpaired) electrons. The van der Waals surface area contributed by atoms with Crippen LogP contribution in [-0.4, -0.2) is 18.0 Å². The molecule has 0 unspecified atom stereocenters. The van der Waals surface area contributed by atoms with E-state index in [4.69, 9.17) is 11.6 Å². The second kappa shape index (κ2) is 7.34. The van der Waals surface area contributed by atoms with Crippen LogP contribution in [0.5, 0.6) is 0 Å². The third-order valence-corrected chi connectivity index (χ3v) is 4.10. The molecule has 2 aromatic rings. The lowest BCUT2D eigenvalue weighted by molar-refractivity contribution is 0.283. The van der Waals surface area contributed by atoms with Gasteiger partial charge in [0.1, 0.15) is 0 Å². The number of rotatable bonds is 5. The van der Waals surface area contributed by atoms with Crippen molar-refractivity contribution >= 4 is 17.3 Å². The SMILES string of the molecule is Clc1ccccc1NNC1=CCN(Cc2ccccc2)CC1. The molecule has 22 heavy (non-hydrogen) atoms. The molecule has 2 aromatic carbocycles. The molecule has 0 bridgehead atoms. The lowest BCUT2D eigenvalue weighted by Gasteiger charge is -2.27. The first-order chi connectivity index (χ1) is 10.8. The number of para-hydroxylation sites is 1. The molecule has 0 amide bonds. The highest BCUT2D eigenvalue weighted by Crippen LogP contribution is 2.20. The molecule has 3 nitrogen and oxygen atoms in total. The number of anilines is 1. The van der Waals surface area contributed by atoms with Crippen molar-refractivity contribution in [2.75, 3.05) is 18.5 Å². The van der Waals surface area contributed by atoms with Crippen LogP contribution in [0, 0.1) is 0 Å². The highest BCUT2D eigenvalue weighted by atomic mass is 35.5. The minimum atomic E-state index is 0.720. The van der Waals surface area contributed by atoms with Crippen LogP contribution < -0.4 is 10.9 Å². The Hall–Kier alpha value is -1.97. The van der Waals surface area contributed by atoms with Gasteiger partial charge in [-0.15, -0.1) is 0 Å². The van der Waals surface area contributed by atoms with Gasteiger partial charge in [-0.1, -0.05) is 54.1 Å². The molecule has 0 saturated heterocycles. The summed E-state index contributed by atoms with van der Waals surface area (Å²) in [6, 6.07) is 18.3. The van der Waals surface area contributed by atoms with Crippen molar-refractivity contribution in [3.63, 3.8) is 0 Å². The predicted molar refractivity (Wildman–Crippen MR) is 92.6 cm³/mol. The zero-order valence-electron chi connectivity index (χ0n) is 12.4. The average Bonchev–Trinajstić information content (AvgIpc) is 2.56. The third kappa shape index (κ3) is 4.03. The quantitative estimate of drug-likeness (QED) is 0.816. The first-order valence-electron chi connectivity index (χ1n) is 7.53. The Bertz CT molecular complexity index is 640. The Morgan fingerprint density at radius 3 is 2.45 bits per heavy atom. The number of hydrazine groups is 1. The summed E-state index contributed by atoms with van der Waals surface area (Å²) in [6.07, 6.45) is 3.24. The lowest BCUT2D eigenvalue weighted by Crippen LogP contribution is -2.33. The Labute approximate surface area is 136 Å². The summed E-state index contributed by atoms with van der Waals surface area (Å²) in [4.78, 5) is 2.44. The number of benzene rings is 2. The fourth-order valence-corrected chi connectivity index (χ4v) is 2.70. The van der Waals surface area contributed by atoms with Gasteiger partial charge in [0.25, 0.3) is 0 Å². The fraction of sp³-hybridized carbons (Fsp3) is 0.222. The maximum atomic E-state index is 6.13. The zero-order valence-corrected chi connectivity index (χ0v) is 13.2. The maximum Gasteiger partial charge on any atom is 0.0725 e. The molecule has 1 aliphatic heterocycles. The van der Waals surface area contributed by atoms with E-state index in [9.17, 15) is 0 Å². The van der Waals surface area contributed by atoms with Gasteiger partial charge in [0.05, 0.1) is 10.7 Å². The molecule has 0 fully saturated rings. The first kappa shape index (κ1) is 14.9. The summed E-state index contributed by atoms with van der Waals surface area (Å²) in [5.41, 5.74) is 9.92. The minimum Gasteiger partial charge on any atom is -0.305 e. The molecule has 1 heterocycles. The first-order valence-corrected chi connectivity index (χ1v) is 7.91. The minimum absolute atomic E-state index is 0.720. The largest absolute Gasteiger partial charge is 0.305 e. The van der Waals surface area contributed by atoms with E-state index in [1.165, 1.54) is 11.3 Å². The van der Waals surface area contributed by atoms with Crippen molar-refractivity contribution in [1.29, 1.82) is 0 Å². The van der Waals surface area contributed by atoms with Crippen molar-refractivity contribution in [1.82, 2.24) is 10.3 Å². The number of nitrogens with one attached hydrogen (secondary N) is 2. The molecule has 0 atom stereocenters. The standard InChI is InChI=1S/C18H20ClN3/c19-17-8-4-5-9-18(17)21-20-16-10-12-22(13-11-16)14-15-6-2-1-3-7-15/h1-10,20-21H,11-14H2. The van der Waals surface area contributed by atoms with Gasteiger partial charge in [-0.05, 0) is 23.8 Å². The monoisotopic (exact) mass is 313 g/mol. The van der Waals surface area contributed by atoms with Crippen molar-refractivity contribution in [2.24, 2.45) is 0 Å². The molecular weight excluding hydrogens is 294 g/mol. The smallest absolute Gasteiger partial charge is 0.0725 e. The number of halogens is 1. The van der Waals surface area contributed by atoms with E-state index in [1.807, 2.05) is 24.3 Å². The van der Waals surface area contributed by atoms with Gasteiger partial charge >= 0.3 is 0 Å². The van der Waals surface area contributed by atoms with Gasteiger partial charge in [0.2, 0.25) is 0 Å². The summed E-state index contributed by atoms with van der Waals surface area (Å²) in [5, 5.41) is 0.720. The van der Waals surface area contributed by atoms with Gasteiger partial charge in [0, 0.05) is 31.8 Å². The van der Waals surface area contributed by atoms with Crippen molar-refractivity contribution in [3.8, 4) is 0 Å². The molecule has 0 saturated carbocycles. The number of nitrogens with zero attached hydrogens (tertiary/aromatic N) is 1. The van der Waals surface area contributed by atoms with Crippen molar-refractivity contribution in [3.05, 3.63) is 77.0 Å². The van der Waals surface area contributed by atoms with Crippen LogP contribution in [0.3, 0.4) is 0 Å². The summed E-state index contributed by atoms with van der Waals surface area (Å²) >= 11 is 6.13. The van der Waals surface area contributed by atoms with E-state index in [0.717, 1.165) is 36.8 Å². The average molecular weight is 314 g/mol. The second-order valence-corrected chi connectivity index (χ2v) is 5.84. The Morgan fingerprint density at radius 1 is 0.955 bits per heavy atom. The van der Waals surface area contributed by atoms with E-state index in [2.05, 4.69) is 52.2 Å². The van der Waals surface area contributed by atoms with Gasteiger partial charge in [-0.3, -0.25) is 10.3 Å². The van der Waals surface area contributed by atoms with Crippen LogP contribution >= 0.6 is 11.6 Å². The molecular formula is C18H20ClN3. The molecule has 4 heteroatoms. The summed E-state index contributed by atoms with van der Waals surface area (Å²) in [6.45, 7) is 3.02. The van der Waals surface area contributed by atoms with E-state index >= 15 is 0 Å². The zero-order chi connectivity index (χ0) is 15.2. The van der Waals surface area contributed by atoms with E-state index in [0.29, 0.717) is 0 Å². The van der Waals surface area contributed by atoms with E-state index in [1.54, 1.807) is 0 Å². The van der Waals surface area contributed by atoms with Crippen molar-refractivity contribution in [2.45, 2.75) is 13.0 Å². The van der Waals surface area contributed by atoms with Crippen LogP contribution in [0.1, 0.15) is 12.0 Å². The van der Waals surface area contributed by atoms with Crippen LogP contribution in [0.25, 0.3) is 0 Å². The summed E-state index contributed by atoms with van der Waals surface area (Å²) < 4.78 is 0. The van der Waals surface area contributed by atoms with Crippen molar-refractivity contribution < 1.29 is 0 Å².